The lowest BCUT2D eigenvalue weighted by atomic mass is 10.2. The highest BCUT2D eigenvalue weighted by molar-refractivity contribution is 7.13. The van der Waals surface area contributed by atoms with Crippen molar-refractivity contribution < 1.29 is 9.90 Å². The summed E-state index contributed by atoms with van der Waals surface area (Å²) in [5, 5.41) is 22.3. The molecule has 0 radical (unpaired) electrons. The molecule has 0 aliphatic heterocycles. The van der Waals surface area contributed by atoms with Gasteiger partial charge < -0.3 is 5.11 Å². The smallest absolute Gasteiger partial charge is 0.335 e. The molecule has 0 saturated carbocycles. The minimum Gasteiger partial charge on any atom is -0.478 e. The van der Waals surface area contributed by atoms with Crippen molar-refractivity contribution in [3.63, 3.8) is 0 Å². The van der Waals surface area contributed by atoms with Crippen molar-refractivity contribution in [2.75, 3.05) is 0 Å². The summed E-state index contributed by atoms with van der Waals surface area (Å²) in [5.74, 6) is -1.01. The normalized spacial score (nSPS) is 11.1. The molecule has 0 aliphatic rings. The predicted octanol–water partition coefficient (Wildman–Crippen LogP) is 5.01. The van der Waals surface area contributed by atoms with Crippen LogP contribution in [0.1, 0.15) is 10.4 Å². The topological polar surface area (TPSA) is 99.8 Å². The third-order valence-corrected chi connectivity index (χ3v) is 4.92. The van der Waals surface area contributed by atoms with Crippen LogP contribution in [0.5, 0.6) is 0 Å². The van der Waals surface area contributed by atoms with Crippen LogP contribution >= 0.6 is 11.3 Å². The van der Waals surface area contributed by atoms with Gasteiger partial charge in [-0.15, -0.1) is 16.5 Å². The Morgan fingerprint density at radius 1 is 0.964 bits per heavy atom. The maximum atomic E-state index is 13.0. The first-order valence-electron chi connectivity index (χ1n) is 8.33. The summed E-state index contributed by atoms with van der Waals surface area (Å²) in [4.78, 5) is 24.8. The van der Waals surface area contributed by atoms with Crippen LogP contribution in [0.3, 0.4) is 0 Å². The van der Waals surface area contributed by atoms with E-state index in [0.717, 1.165) is 4.88 Å². The highest BCUT2D eigenvalue weighted by Gasteiger charge is 2.17. The number of nitrogens with zero attached hydrogens (tertiary/aromatic N) is 3. The van der Waals surface area contributed by atoms with Crippen LogP contribution in [0, 0.1) is 0 Å². The molecule has 0 spiro atoms. The van der Waals surface area contributed by atoms with Gasteiger partial charge in [0.1, 0.15) is 5.69 Å². The highest BCUT2D eigenvalue weighted by Crippen LogP contribution is 2.31. The predicted molar refractivity (Wildman–Crippen MR) is 107 cm³/mol. The molecule has 0 fully saturated rings. The maximum absolute atomic E-state index is 13.0. The molecule has 2 aromatic carbocycles. The number of carboxylic acid groups (broad SMARTS) is 1. The molecule has 0 amide bonds. The Labute approximate surface area is 163 Å². The monoisotopic (exact) mass is 390 g/mol. The molecule has 7 nitrogen and oxygen atoms in total. The molecule has 0 unspecified atom stereocenters. The van der Waals surface area contributed by atoms with Crippen LogP contribution in [-0.2, 0) is 0 Å². The Hall–Kier alpha value is -3.78. The molecule has 2 heterocycles. The van der Waals surface area contributed by atoms with E-state index in [1.165, 1.54) is 28.2 Å². The summed E-state index contributed by atoms with van der Waals surface area (Å²) in [5.41, 5.74) is 1.75. The van der Waals surface area contributed by atoms with Crippen LogP contribution in [0.4, 0.5) is 11.4 Å². The lowest BCUT2D eigenvalue weighted by Crippen LogP contribution is -2.13. The number of aromatic nitrogens is 2. The zero-order valence-corrected chi connectivity index (χ0v) is 15.3. The van der Waals surface area contributed by atoms with Crippen molar-refractivity contribution >= 4 is 28.7 Å². The second-order valence-corrected chi connectivity index (χ2v) is 6.79. The molecule has 0 aliphatic carbocycles. The van der Waals surface area contributed by atoms with E-state index in [1.54, 1.807) is 12.1 Å². The molecule has 0 bridgehead atoms. The van der Waals surface area contributed by atoms with Gasteiger partial charge >= 0.3 is 5.97 Å². The number of azo groups is 1. The van der Waals surface area contributed by atoms with Crippen LogP contribution < -0.4 is 5.56 Å². The van der Waals surface area contributed by atoms with Crippen molar-refractivity contribution in [2.45, 2.75) is 0 Å². The fourth-order valence-electron chi connectivity index (χ4n) is 2.65. The Kier molecular flexibility index (Phi) is 4.69. The second-order valence-electron chi connectivity index (χ2n) is 5.84. The van der Waals surface area contributed by atoms with Gasteiger partial charge in [0.15, 0.2) is 5.69 Å². The van der Waals surface area contributed by atoms with Crippen LogP contribution in [0.2, 0.25) is 0 Å². The number of para-hydroxylation sites is 1. The third-order valence-electron chi connectivity index (χ3n) is 4.03. The van der Waals surface area contributed by atoms with Crippen molar-refractivity contribution in [2.24, 2.45) is 10.2 Å². The summed E-state index contributed by atoms with van der Waals surface area (Å²) < 4.78 is 1.43. The van der Waals surface area contributed by atoms with Crippen molar-refractivity contribution in [3.8, 4) is 16.3 Å². The first-order valence-corrected chi connectivity index (χ1v) is 9.21. The molecule has 2 aromatic heterocycles. The van der Waals surface area contributed by atoms with E-state index in [1.807, 2.05) is 47.8 Å². The van der Waals surface area contributed by atoms with E-state index >= 15 is 0 Å². The molecule has 0 saturated heterocycles. The average Bonchev–Trinajstić information content (AvgIpc) is 3.35. The molecular weight excluding hydrogens is 376 g/mol. The van der Waals surface area contributed by atoms with Crippen LogP contribution in [-0.4, -0.2) is 20.9 Å². The second kappa shape index (κ2) is 7.45. The van der Waals surface area contributed by atoms with Gasteiger partial charge in [0, 0.05) is 0 Å². The SMILES string of the molecule is O=C(O)c1ccc(N=Nc2c(-c3cccs3)[nH]n(-c3ccccc3)c2=O)cc1. The van der Waals surface area contributed by atoms with E-state index in [0.29, 0.717) is 17.1 Å². The number of carbonyl (C=O) groups is 1. The molecule has 4 rings (SSSR count). The van der Waals surface area contributed by atoms with Crippen molar-refractivity contribution in [1.29, 1.82) is 0 Å². The molecule has 4 aromatic rings. The zero-order valence-electron chi connectivity index (χ0n) is 14.4. The molecule has 28 heavy (non-hydrogen) atoms. The van der Waals surface area contributed by atoms with E-state index in [9.17, 15) is 9.59 Å². The summed E-state index contributed by atoms with van der Waals surface area (Å²) >= 11 is 1.48. The van der Waals surface area contributed by atoms with Gasteiger partial charge in [-0.25, -0.2) is 9.48 Å². The number of aromatic carboxylic acids is 1. The number of nitrogens with one attached hydrogen (secondary N) is 1. The van der Waals surface area contributed by atoms with E-state index in [4.69, 9.17) is 5.11 Å². The van der Waals surface area contributed by atoms with Gasteiger partial charge in [-0.1, -0.05) is 24.3 Å². The quantitative estimate of drug-likeness (QED) is 0.469. The average molecular weight is 390 g/mol. The number of benzene rings is 2. The Morgan fingerprint density at radius 3 is 2.36 bits per heavy atom. The fourth-order valence-corrected chi connectivity index (χ4v) is 3.37. The van der Waals surface area contributed by atoms with Crippen molar-refractivity contribution in [1.82, 2.24) is 9.78 Å². The van der Waals surface area contributed by atoms with Gasteiger partial charge in [0.05, 0.1) is 21.8 Å². The minimum atomic E-state index is -1.01. The Morgan fingerprint density at radius 2 is 1.71 bits per heavy atom. The van der Waals surface area contributed by atoms with Crippen molar-refractivity contribution in [3.05, 3.63) is 88.0 Å². The van der Waals surface area contributed by atoms with Crippen LogP contribution in [0.25, 0.3) is 16.3 Å². The number of hydrogen-bond acceptors (Lipinski definition) is 5. The number of H-pyrrole nitrogens is 1. The maximum Gasteiger partial charge on any atom is 0.335 e. The molecule has 2 N–H and O–H groups in total. The number of carboxylic acids is 1. The first-order chi connectivity index (χ1) is 13.6. The fraction of sp³-hybridized carbons (Fsp3) is 0. The Balaban J connectivity index is 1.78. The largest absolute Gasteiger partial charge is 0.478 e. The zero-order chi connectivity index (χ0) is 19.5. The molecule has 8 heteroatoms. The van der Waals surface area contributed by atoms with Gasteiger partial charge in [0.2, 0.25) is 0 Å². The van der Waals surface area contributed by atoms with Gasteiger partial charge in [-0.2, -0.15) is 5.11 Å². The molecular formula is C20H14N4O3S. The minimum absolute atomic E-state index is 0.159. The number of aromatic amines is 1. The third kappa shape index (κ3) is 3.40. The summed E-state index contributed by atoms with van der Waals surface area (Å²) in [6, 6.07) is 19.0. The number of hydrogen-bond donors (Lipinski definition) is 2. The summed E-state index contributed by atoms with van der Waals surface area (Å²) in [7, 11) is 0. The summed E-state index contributed by atoms with van der Waals surface area (Å²) in [6.45, 7) is 0. The van der Waals surface area contributed by atoms with E-state index in [-0.39, 0.29) is 16.8 Å². The molecule has 0 atom stereocenters. The number of rotatable bonds is 5. The van der Waals surface area contributed by atoms with Gasteiger partial charge in [-0.05, 0) is 47.8 Å². The highest BCUT2D eigenvalue weighted by atomic mass is 32.1. The lowest BCUT2D eigenvalue weighted by molar-refractivity contribution is 0.0697. The number of thiophene rings is 1. The van der Waals surface area contributed by atoms with Gasteiger partial charge in [0.25, 0.3) is 5.56 Å². The summed E-state index contributed by atoms with van der Waals surface area (Å²) in [6.07, 6.45) is 0. The first kappa shape index (κ1) is 17.6. The molecule has 138 valence electrons. The van der Waals surface area contributed by atoms with E-state index in [2.05, 4.69) is 15.3 Å². The van der Waals surface area contributed by atoms with Gasteiger partial charge in [-0.3, -0.25) is 9.89 Å². The lowest BCUT2D eigenvalue weighted by Gasteiger charge is -1.99. The Bertz CT molecular complexity index is 1190. The standard InChI is InChI=1S/C20H14N4O3S/c25-19-18(22-21-14-10-8-13(9-11-14)20(26)27)17(16-7-4-12-28-16)23-24(19)15-5-2-1-3-6-15/h1-12,23H,(H,26,27). The van der Waals surface area contributed by atoms with Crippen LogP contribution in [0.15, 0.2) is 87.1 Å². The van der Waals surface area contributed by atoms with E-state index < -0.39 is 5.97 Å².